The van der Waals surface area contributed by atoms with E-state index < -0.39 is 31.7 Å². The van der Waals surface area contributed by atoms with E-state index >= 15 is 0 Å². The molecule has 0 spiro atoms. The monoisotopic (exact) mass is 722 g/mol. The first-order chi connectivity index (χ1) is 21.9. The molecule has 0 aromatic carbocycles. The van der Waals surface area contributed by atoms with Crippen molar-refractivity contribution >= 4 is 32.4 Å². The van der Waals surface area contributed by atoms with E-state index in [0.29, 0.717) is 37.2 Å². The third-order valence-electron chi connectivity index (χ3n) is 13.8. The Bertz CT molecular complexity index is 1350. The van der Waals surface area contributed by atoms with E-state index in [-0.39, 0.29) is 39.4 Å². The summed E-state index contributed by atoms with van der Waals surface area (Å²) in [6.07, 6.45) is 11.4. The predicted octanol–water partition coefficient (Wildman–Crippen LogP) is 10.2. The van der Waals surface area contributed by atoms with Crippen LogP contribution < -0.4 is 0 Å². The number of hydrogen-bond donors (Lipinski definition) is 0. The Morgan fingerprint density at radius 1 is 1.00 bits per heavy atom. The number of carbonyl (C=O) groups is 1. The van der Waals surface area contributed by atoms with Crippen molar-refractivity contribution in [3.63, 3.8) is 0 Å². The molecule has 276 valence electrons. The van der Waals surface area contributed by atoms with Crippen LogP contribution in [-0.4, -0.2) is 60.8 Å². The van der Waals surface area contributed by atoms with Crippen molar-refractivity contribution in [2.75, 3.05) is 12.4 Å². The van der Waals surface area contributed by atoms with E-state index in [1.165, 1.54) is 18.4 Å². The Morgan fingerprint density at radius 2 is 1.62 bits per heavy atom. The van der Waals surface area contributed by atoms with Crippen LogP contribution in [0.15, 0.2) is 22.8 Å². The molecule has 0 unspecified atom stereocenters. The van der Waals surface area contributed by atoms with Gasteiger partial charge >= 0.3 is 5.97 Å². The Hall–Kier alpha value is -0.746. The van der Waals surface area contributed by atoms with Gasteiger partial charge in [-0.05, 0) is 129 Å². The smallest absolute Gasteiger partial charge is 0.305 e. The molecule has 0 aromatic rings. The molecule has 0 saturated heterocycles. The Balaban J connectivity index is 1.64. The maximum atomic E-state index is 14.2. The van der Waals surface area contributed by atoms with Gasteiger partial charge in [0.05, 0.1) is 24.6 Å². The normalized spacial score (nSPS) is 32.7. The van der Waals surface area contributed by atoms with E-state index in [1.807, 2.05) is 6.92 Å². The second kappa shape index (κ2) is 14.3. The van der Waals surface area contributed by atoms with Gasteiger partial charge in [-0.3, -0.25) is 4.79 Å². The van der Waals surface area contributed by atoms with Gasteiger partial charge in [-0.25, -0.2) is 8.42 Å². The number of esters is 1. The lowest BCUT2D eigenvalue weighted by atomic mass is 9.60. The average molecular weight is 723 g/mol. The van der Waals surface area contributed by atoms with E-state index in [1.54, 1.807) is 0 Å². The van der Waals surface area contributed by atoms with Crippen LogP contribution in [0.5, 0.6) is 0 Å². The van der Waals surface area contributed by atoms with Crippen LogP contribution in [0.4, 0.5) is 0 Å². The number of allylic oxidation sites excluding steroid dienone is 1. The molecule has 3 aliphatic carbocycles. The number of sulfone groups is 1. The zero-order valence-corrected chi connectivity index (χ0v) is 35.7. The minimum absolute atomic E-state index is 0.0291. The first-order valence-electron chi connectivity index (χ1n) is 19.1. The van der Waals surface area contributed by atoms with Crippen molar-refractivity contribution < 1.29 is 26.8 Å². The summed E-state index contributed by atoms with van der Waals surface area (Å²) < 4.78 is 47.8. The van der Waals surface area contributed by atoms with Gasteiger partial charge in [0.1, 0.15) is 5.25 Å². The first-order valence-corrected chi connectivity index (χ1v) is 26.6. The SMILES string of the molecule is CCOC(=O)CCC[C@@H](C)[C@H]1CC[C@H]2/C(=C/[C@H]3C4=C(CS3(=O)=O)[C@@H](O[Si](C)(C)C(C)(C)C)C[C@H](O[Si](C)(C)C(C)(C)C)C4)CCC[C@]12C. The molecule has 0 amide bonds. The van der Waals surface area contributed by atoms with E-state index in [4.69, 9.17) is 13.6 Å². The van der Waals surface area contributed by atoms with Gasteiger partial charge in [-0.1, -0.05) is 67.0 Å². The van der Waals surface area contributed by atoms with Crippen LogP contribution >= 0.6 is 0 Å². The average Bonchev–Trinajstić information content (AvgIpc) is 3.41. The van der Waals surface area contributed by atoms with Crippen molar-refractivity contribution in [3.8, 4) is 0 Å². The van der Waals surface area contributed by atoms with Crippen LogP contribution in [0.2, 0.25) is 36.3 Å². The highest BCUT2D eigenvalue weighted by Gasteiger charge is 2.53. The molecule has 0 bridgehead atoms. The fourth-order valence-corrected chi connectivity index (χ4v) is 13.7. The zero-order valence-electron chi connectivity index (χ0n) is 32.9. The summed E-state index contributed by atoms with van der Waals surface area (Å²) in [7, 11) is -7.65. The molecule has 9 heteroatoms. The van der Waals surface area contributed by atoms with Gasteiger partial charge in [0, 0.05) is 12.8 Å². The number of rotatable bonds is 11. The molecule has 0 radical (unpaired) electrons. The minimum Gasteiger partial charge on any atom is -0.466 e. The largest absolute Gasteiger partial charge is 0.466 e. The lowest BCUT2D eigenvalue weighted by molar-refractivity contribution is -0.143. The highest BCUT2D eigenvalue weighted by Crippen LogP contribution is 2.60. The molecular formula is C39H70O6SSi2. The van der Waals surface area contributed by atoms with Gasteiger partial charge in [-0.15, -0.1) is 0 Å². The van der Waals surface area contributed by atoms with Crippen molar-refractivity contribution in [1.29, 1.82) is 0 Å². The molecule has 4 rings (SSSR count). The Morgan fingerprint density at radius 3 is 2.23 bits per heavy atom. The molecule has 0 aromatic heterocycles. The second-order valence-corrected chi connectivity index (χ2v) is 30.7. The van der Waals surface area contributed by atoms with Crippen LogP contribution in [0, 0.1) is 23.2 Å². The summed E-state index contributed by atoms with van der Waals surface area (Å²) >= 11 is 0. The fraction of sp³-hybridized carbons (Fsp3) is 0.872. The maximum Gasteiger partial charge on any atom is 0.305 e. The van der Waals surface area contributed by atoms with Crippen LogP contribution in [0.3, 0.4) is 0 Å². The molecule has 7 atom stereocenters. The third-order valence-corrected chi connectivity index (χ3v) is 24.7. The highest BCUT2D eigenvalue weighted by atomic mass is 32.2. The molecular weight excluding hydrogens is 653 g/mol. The summed E-state index contributed by atoms with van der Waals surface area (Å²) in [5.74, 6) is 1.56. The first kappa shape index (κ1) is 40.0. The van der Waals surface area contributed by atoms with Crippen molar-refractivity contribution in [2.45, 2.75) is 180 Å². The predicted molar refractivity (Wildman–Crippen MR) is 204 cm³/mol. The Kier molecular flexibility index (Phi) is 12.0. The van der Waals surface area contributed by atoms with Crippen LogP contribution in [-0.2, 0) is 28.2 Å². The van der Waals surface area contributed by atoms with Gasteiger partial charge in [-0.2, -0.15) is 0 Å². The summed E-state index contributed by atoms with van der Waals surface area (Å²) in [4.78, 5) is 12.0. The van der Waals surface area contributed by atoms with Crippen molar-refractivity contribution in [3.05, 3.63) is 22.8 Å². The molecule has 6 nitrogen and oxygen atoms in total. The number of ether oxygens (including phenoxy) is 1. The highest BCUT2D eigenvalue weighted by molar-refractivity contribution is 7.92. The quantitative estimate of drug-likeness (QED) is 0.120. The standard InChI is InChI=1S/C39H70O6SSi2/c1-14-43-36(40)19-15-17-27(2)32-20-21-33-28(18-16-22-39(32,33)9)23-35-30-24-29(44-47(10,11)37(3,4)5)25-34(31(30)26-46(35,41)42)45-48(12,13)38(6,7)8/h23,27,29,32-35H,14-22,24-26H2,1-13H3/b28-23+/t27-,29-,32-,33+,34+,35+,39-/m1/s1. The van der Waals surface area contributed by atoms with Crippen LogP contribution in [0.25, 0.3) is 0 Å². The summed E-state index contributed by atoms with van der Waals surface area (Å²) in [6, 6.07) is 0. The van der Waals surface area contributed by atoms with Gasteiger partial charge < -0.3 is 13.6 Å². The Labute approximate surface area is 296 Å². The second-order valence-electron chi connectivity index (χ2n) is 19.1. The summed E-state index contributed by atoms with van der Waals surface area (Å²) in [5, 5.41) is -0.467. The fourth-order valence-electron chi connectivity index (χ4n) is 9.01. The minimum atomic E-state index is -3.39. The molecule has 2 fully saturated rings. The number of carbonyl (C=O) groups excluding carboxylic acids is 1. The molecule has 2 saturated carbocycles. The van der Waals surface area contributed by atoms with Crippen LogP contribution in [0.1, 0.15) is 127 Å². The van der Waals surface area contributed by atoms with Gasteiger partial charge in [0.15, 0.2) is 26.5 Å². The molecule has 1 aliphatic heterocycles. The molecule has 48 heavy (non-hydrogen) atoms. The zero-order chi connectivity index (χ0) is 36.1. The number of fused-ring (bicyclic) bond motifs is 1. The van der Waals surface area contributed by atoms with Gasteiger partial charge in [0.25, 0.3) is 0 Å². The van der Waals surface area contributed by atoms with Crippen molar-refractivity contribution in [1.82, 2.24) is 0 Å². The molecule has 1 heterocycles. The topological polar surface area (TPSA) is 78.9 Å². The van der Waals surface area contributed by atoms with Gasteiger partial charge in [0.2, 0.25) is 0 Å². The van der Waals surface area contributed by atoms with Crippen molar-refractivity contribution in [2.24, 2.45) is 23.2 Å². The number of hydrogen-bond acceptors (Lipinski definition) is 6. The summed E-state index contributed by atoms with van der Waals surface area (Å²) in [6.45, 7) is 29.9. The third kappa shape index (κ3) is 8.31. The van der Waals surface area contributed by atoms with E-state index in [9.17, 15) is 13.2 Å². The lowest BCUT2D eigenvalue weighted by Crippen LogP contribution is -2.49. The molecule has 4 aliphatic rings. The summed E-state index contributed by atoms with van der Waals surface area (Å²) in [5.41, 5.74) is 3.66. The van der Waals surface area contributed by atoms with E-state index in [2.05, 4.69) is 87.7 Å². The maximum absolute atomic E-state index is 14.2. The lowest BCUT2D eigenvalue weighted by Gasteiger charge is -2.45. The van der Waals surface area contributed by atoms with E-state index in [0.717, 1.165) is 49.7 Å². The molecule has 0 N–H and O–H groups in total.